The summed E-state index contributed by atoms with van der Waals surface area (Å²) in [7, 11) is 0. The fourth-order valence-electron chi connectivity index (χ4n) is 2.04. The molecule has 0 saturated heterocycles. The van der Waals surface area contributed by atoms with Gasteiger partial charge in [-0.25, -0.2) is 15.2 Å². The third-order valence-corrected chi connectivity index (χ3v) is 3.17. The normalized spacial score (nSPS) is 10.6. The van der Waals surface area contributed by atoms with Crippen molar-refractivity contribution in [2.75, 3.05) is 10.7 Å². The first-order valence-corrected chi connectivity index (χ1v) is 6.44. The maximum atomic E-state index is 13.6. The van der Waals surface area contributed by atoms with Crippen LogP contribution in [0.3, 0.4) is 0 Å². The highest BCUT2D eigenvalue weighted by atomic mass is 19.1. The van der Waals surface area contributed by atoms with Crippen LogP contribution in [0.4, 0.5) is 21.8 Å². The Kier molecular flexibility index (Phi) is 3.37. The first-order chi connectivity index (χ1) is 10.2. The predicted octanol–water partition coefficient (Wildman–Crippen LogP) is 3.11. The van der Waals surface area contributed by atoms with Crippen LogP contribution < -0.4 is 16.6 Å². The molecule has 1 aromatic heterocycles. The summed E-state index contributed by atoms with van der Waals surface area (Å²) in [5.41, 5.74) is 4.39. The molecule has 1 heterocycles. The lowest BCUT2D eigenvalue weighted by Gasteiger charge is -2.11. The second kappa shape index (κ2) is 5.34. The molecule has 0 radical (unpaired) electrons. The molecule has 0 aliphatic heterocycles. The Hall–Kier alpha value is -2.73. The van der Waals surface area contributed by atoms with Crippen molar-refractivity contribution in [1.29, 1.82) is 0 Å². The number of nitrogens with one attached hydrogen (secondary N) is 2. The quantitative estimate of drug-likeness (QED) is 0.508. The molecule has 3 aromatic rings. The van der Waals surface area contributed by atoms with E-state index in [0.717, 1.165) is 10.9 Å². The lowest BCUT2D eigenvalue weighted by Crippen LogP contribution is -2.11. The third-order valence-electron chi connectivity index (χ3n) is 3.17. The minimum Gasteiger partial charge on any atom is -0.339 e. The second-order valence-electron chi connectivity index (χ2n) is 4.65. The molecule has 0 atom stereocenters. The lowest BCUT2D eigenvalue weighted by atomic mass is 10.2. The zero-order chi connectivity index (χ0) is 14.8. The van der Waals surface area contributed by atoms with E-state index in [4.69, 9.17) is 5.84 Å². The molecule has 0 aliphatic rings. The number of nitrogens with zero attached hydrogens (tertiary/aromatic N) is 2. The Morgan fingerprint density at radius 1 is 1.10 bits per heavy atom. The molecule has 4 N–H and O–H groups in total. The molecule has 0 bridgehead atoms. The van der Waals surface area contributed by atoms with Gasteiger partial charge in [0.2, 0.25) is 5.95 Å². The molecule has 106 valence electrons. The molecular weight excluding hydrogens is 269 g/mol. The van der Waals surface area contributed by atoms with Crippen LogP contribution in [0.5, 0.6) is 0 Å². The van der Waals surface area contributed by atoms with Crippen LogP contribution in [-0.4, -0.2) is 9.97 Å². The van der Waals surface area contributed by atoms with Crippen LogP contribution in [0.2, 0.25) is 0 Å². The largest absolute Gasteiger partial charge is 0.339 e. The number of hydrogen-bond donors (Lipinski definition) is 3. The molecule has 6 heteroatoms. The third kappa shape index (κ3) is 2.61. The zero-order valence-electron chi connectivity index (χ0n) is 11.4. The van der Waals surface area contributed by atoms with Crippen LogP contribution in [0, 0.1) is 12.7 Å². The Morgan fingerprint density at radius 3 is 2.67 bits per heavy atom. The van der Waals surface area contributed by atoms with Gasteiger partial charge in [-0.2, -0.15) is 4.98 Å². The Labute approximate surface area is 121 Å². The Morgan fingerprint density at radius 2 is 1.90 bits per heavy atom. The molecule has 0 aliphatic carbocycles. The maximum Gasteiger partial charge on any atom is 0.239 e. The number of aryl methyl sites for hydroxylation is 1. The summed E-state index contributed by atoms with van der Waals surface area (Å²) in [6, 6.07) is 12.5. The van der Waals surface area contributed by atoms with E-state index in [9.17, 15) is 4.39 Å². The number of nitrogen functional groups attached to an aromatic ring is 1. The van der Waals surface area contributed by atoms with Crippen molar-refractivity contribution >= 4 is 28.4 Å². The van der Waals surface area contributed by atoms with E-state index in [1.165, 1.54) is 6.07 Å². The van der Waals surface area contributed by atoms with Crippen molar-refractivity contribution in [3.63, 3.8) is 0 Å². The molecule has 2 aromatic carbocycles. The summed E-state index contributed by atoms with van der Waals surface area (Å²) in [5, 5.41) is 3.93. The summed E-state index contributed by atoms with van der Waals surface area (Å²) >= 11 is 0. The summed E-state index contributed by atoms with van der Waals surface area (Å²) in [5.74, 6) is 5.98. The molecule has 0 amide bonds. The van der Waals surface area contributed by atoms with Crippen LogP contribution >= 0.6 is 0 Å². The second-order valence-corrected chi connectivity index (χ2v) is 4.65. The highest BCUT2D eigenvalue weighted by Crippen LogP contribution is 2.25. The van der Waals surface area contributed by atoms with Crippen LogP contribution in [-0.2, 0) is 0 Å². The van der Waals surface area contributed by atoms with Gasteiger partial charge in [0.05, 0.1) is 5.52 Å². The topological polar surface area (TPSA) is 75.9 Å². The highest BCUT2D eigenvalue weighted by molar-refractivity contribution is 5.91. The summed E-state index contributed by atoms with van der Waals surface area (Å²) in [4.78, 5) is 8.55. The van der Waals surface area contributed by atoms with Crippen molar-refractivity contribution in [3.05, 3.63) is 53.8 Å². The van der Waals surface area contributed by atoms with Gasteiger partial charge in [-0.05, 0) is 36.8 Å². The van der Waals surface area contributed by atoms with Gasteiger partial charge < -0.3 is 5.32 Å². The average molecular weight is 283 g/mol. The Bertz CT molecular complexity index is 803. The molecular formula is C15H14FN5. The number of fused-ring (bicyclic) bond motifs is 1. The smallest absolute Gasteiger partial charge is 0.239 e. The average Bonchev–Trinajstić information content (AvgIpc) is 2.51. The number of aromatic nitrogens is 2. The van der Waals surface area contributed by atoms with Crippen LogP contribution in [0.1, 0.15) is 5.56 Å². The van der Waals surface area contributed by atoms with Gasteiger partial charge in [-0.1, -0.05) is 18.2 Å². The van der Waals surface area contributed by atoms with Gasteiger partial charge in [0, 0.05) is 11.1 Å². The van der Waals surface area contributed by atoms with E-state index in [2.05, 4.69) is 20.7 Å². The summed E-state index contributed by atoms with van der Waals surface area (Å²) in [6.07, 6.45) is 0. The predicted molar refractivity (Wildman–Crippen MR) is 81.8 cm³/mol. The number of hydrogen-bond acceptors (Lipinski definition) is 5. The van der Waals surface area contributed by atoms with E-state index in [1.54, 1.807) is 19.1 Å². The monoisotopic (exact) mass is 283 g/mol. The fourth-order valence-corrected chi connectivity index (χ4v) is 2.04. The first-order valence-electron chi connectivity index (χ1n) is 6.44. The minimum absolute atomic E-state index is 0.268. The van der Waals surface area contributed by atoms with Crippen molar-refractivity contribution in [2.45, 2.75) is 6.92 Å². The molecule has 3 rings (SSSR count). The molecule has 0 fully saturated rings. The van der Waals surface area contributed by atoms with Gasteiger partial charge >= 0.3 is 0 Å². The first kappa shape index (κ1) is 13.3. The van der Waals surface area contributed by atoms with E-state index in [-0.39, 0.29) is 5.82 Å². The summed E-state index contributed by atoms with van der Waals surface area (Å²) in [6.45, 7) is 1.72. The van der Waals surface area contributed by atoms with E-state index < -0.39 is 0 Å². The molecule has 0 saturated carbocycles. The molecule has 21 heavy (non-hydrogen) atoms. The number of para-hydroxylation sites is 1. The molecule has 0 unspecified atom stereocenters. The Balaban J connectivity index is 2.08. The van der Waals surface area contributed by atoms with Gasteiger partial charge in [0.25, 0.3) is 0 Å². The number of anilines is 3. The van der Waals surface area contributed by atoms with Crippen molar-refractivity contribution in [1.82, 2.24) is 9.97 Å². The summed E-state index contributed by atoms with van der Waals surface area (Å²) < 4.78 is 13.6. The number of hydrazine groups is 1. The number of halogens is 1. The fraction of sp³-hybridized carbons (Fsp3) is 0.0667. The van der Waals surface area contributed by atoms with Crippen LogP contribution in [0.25, 0.3) is 10.9 Å². The standard InChI is InChI=1S/C15H14FN5/c1-9-6-7-10(8-12(9)16)18-14-11-4-2-3-5-13(11)19-15(20-14)21-17/h2-8H,17H2,1H3,(H2,18,19,20,21). The highest BCUT2D eigenvalue weighted by Gasteiger charge is 2.08. The maximum absolute atomic E-state index is 13.6. The van der Waals surface area contributed by atoms with Crippen LogP contribution in [0.15, 0.2) is 42.5 Å². The lowest BCUT2D eigenvalue weighted by molar-refractivity contribution is 0.619. The number of nitrogens with two attached hydrogens (primary N) is 1. The van der Waals surface area contributed by atoms with E-state index in [0.29, 0.717) is 23.0 Å². The van der Waals surface area contributed by atoms with Crippen molar-refractivity contribution < 1.29 is 4.39 Å². The van der Waals surface area contributed by atoms with Crippen molar-refractivity contribution in [2.24, 2.45) is 5.84 Å². The van der Waals surface area contributed by atoms with Gasteiger partial charge in [-0.3, -0.25) is 5.43 Å². The van der Waals surface area contributed by atoms with Crippen molar-refractivity contribution in [3.8, 4) is 0 Å². The zero-order valence-corrected chi connectivity index (χ0v) is 11.4. The SMILES string of the molecule is Cc1ccc(Nc2nc(NN)nc3ccccc23)cc1F. The number of rotatable bonds is 3. The molecule has 0 spiro atoms. The van der Waals surface area contributed by atoms with Gasteiger partial charge in [0.15, 0.2) is 0 Å². The van der Waals surface area contributed by atoms with E-state index in [1.807, 2.05) is 24.3 Å². The van der Waals surface area contributed by atoms with Gasteiger partial charge in [-0.15, -0.1) is 0 Å². The van der Waals surface area contributed by atoms with E-state index >= 15 is 0 Å². The molecule has 5 nitrogen and oxygen atoms in total. The minimum atomic E-state index is -0.268. The number of benzene rings is 2. The van der Waals surface area contributed by atoms with Gasteiger partial charge in [0.1, 0.15) is 11.6 Å².